The van der Waals surface area contributed by atoms with Gasteiger partial charge >= 0.3 is 5.97 Å². The predicted octanol–water partition coefficient (Wildman–Crippen LogP) is 1.09. The Balaban J connectivity index is 3.01. The highest BCUT2D eigenvalue weighted by atomic mass is 19.1. The van der Waals surface area contributed by atoms with Crippen LogP contribution in [0, 0.1) is 5.82 Å². The van der Waals surface area contributed by atoms with Crippen LogP contribution in [0.3, 0.4) is 0 Å². The van der Waals surface area contributed by atoms with E-state index in [1.54, 1.807) is 0 Å². The second-order valence-corrected chi connectivity index (χ2v) is 3.02. The van der Waals surface area contributed by atoms with Gasteiger partial charge in [0.1, 0.15) is 5.82 Å². The van der Waals surface area contributed by atoms with Crippen molar-refractivity contribution >= 4 is 5.97 Å². The van der Waals surface area contributed by atoms with Crippen LogP contribution >= 0.6 is 0 Å². The van der Waals surface area contributed by atoms with Gasteiger partial charge in [-0.05, 0) is 17.7 Å². The van der Waals surface area contributed by atoms with E-state index in [4.69, 9.17) is 9.84 Å². The molecule has 15 heavy (non-hydrogen) atoms. The molecule has 0 bridgehead atoms. The van der Waals surface area contributed by atoms with Crippen LogP contribution in [0.15, 0.2) is 18.2 Å². The van der Waals surface area contributed by atoms with Gasteiger partial charge in [-0.1, -0.05) is 6.07 Å². The van der Waals surface area contributed by atoms with Crippen LogP contribution in [0.4, 0.5) is 4.39 Å². The summed E-state index contributed by atoms with van der Waals surface area (Å²) in [6.07, 6.45) is -1.64. The zero-order valence-corrected chi connectivity index (χ0v) is 8.11. The molecule has 0 aliphatic rings. The van der Waals surface area contributed by atoms with Crippen LogP contribution in [0.2, 0.25) is 0 Å². The van der Waals surface area contributed by atoms with Crippen molar-refractivity contribution in [2.45, 2.75) is 12.7 Å². The Hall–Kier alpha value is -1.46. The van der Waals surface area contributed by atoms with Crippen molar-refractivity contribution in [1.29, 1.82) is 0 Å². The summed E-state index contributed by atoms with van der Waals surface area (Å²) in [7, 11) is 1.40. The number of aliphatic hydroxyl groups is 1. The SMILES string of the molecule is COCc1cc(C(O)C(=O)O)ccc1F. The second kappa shape index (κ2) is 4.86. The third-order valence-electron chi connectivity index (χ3n) is 1.92. The summed E-state index contributed by atoms with van der Waals surface area (Å²) in [4.78, 5) is 10.5. The minimum atomic E-state index is -1.64. The van der Waals surface area contributed by atoms with Crippen LogP contribution < -0.4 is 0 Å². The molecular formula is C10H11FO4. The van der Waals surface area contributed by atoms with E-state index in [2.05, 4.69) is 0 Å². The molecule has 4 nitrogen and oxygen atoms in total. The number of rotatable bonds is 4. The normalized spacial score (nSPS) is 12.5. The van der Waals surface area contributed by atoms with E-state index in [1.807, 2.05) is 0 Å². The summed E-state index contributed by atoms with van der Waals surface area (Å²) in [5.41, 5.74) is 0.353. The highest BCUT2D eigenvalue weighted by Crippen LogP contribution is 2.17. The Kier molecular flexibility index (Phi) is 3.76. The standard InChI is InChI=1S/C10H11FO4/c1-15-5-7-4-6(2-3-8(7)11)9(12)10(13)14/h2-4,9,12H,5H2,1H3,(H,13,14). The summed E-state index contributed by atoms with van der Waals surface area (Å²) < 4.78 is 17.8. The minimum Gasteiger partial charge on any atom is -0.479 e. The summed E-state index contributed by atoms with van der Waals surface area (Å²) >= 11 is 0. The van der Waals surface area contributed by atoms with Gasteiger partial charge < -0.3 is 14.9 Å². The first-order chi connectivity index (χ1) is 7.06. The van der Waals surface area contributed by atoms with Crippen molar-refractivity contribution in [2.75, 3.05) is 7.11 Å². The molecule has 2 N–H and O–H groups in total. The summed E-state index contributed by atoms with van der Waals surface area (Å²) in [5.74, 6) is -1.86. The van der Waals surface area contributed by atoms with Crippen LogP contribution in [0.5, 0.6) is 0 Å². The molecule has 0 aliphatic heterocycles. The first kappa shape index (κ1) is 11.6. The number of aliphatic carboxylic acids is 1. The average Bonchev–Trinajstić information content (AvgIpc) is 2.20. The van der Waals surface area contributed by atoms with Crippen molar-refractivity contribution in [3.63, 3.8) is 0 Å². The molecule has 0 fully saturated rings. The summed E-state index contributed by atoms with van der Waals surface area (Å²) in [6.45, 7) is 0.0337. The number of hydrogen-bond acceptors (Lipinski definition) is 3. The number of benzene rings is 1. The van der Waals surface area contributed by atoms with Crippen molar-refractivity contribution in [2.24, 2.45) is 0 Å². The lowest BCUT2D eigenvalue weighted by Gasteiger charge is -2.08. The number of carboxylic acids is 1. The molecule has 0 spiro atoms. The monoisotopic (exact) mass is 214 g/mol. The maximum atomic E-state index is 13.1. The van der Waals surface area contributed by atoms with E-state index in [1.165, 1.54) is 19.2 Å². The number of ether oxygens (including phenoxy) is 1. The molecular weight excluding hydrogens is 203 g/mol. The third kappa shape index (κ3) is 2.74. The summed E-state index contributed by atoms with van der Waals surface area (Å²) in [6, 6.07) is 3.61. The molecule has 0 saturated carbocycles. The van der Waals surface area contributed by atoms with E-state index in [-0.39, 0.29) is 17.7 Å². The van der Waals surface area contributed by atoms with Crippen LogP contribution in [-0.4, -0.2) is 23.3 Å². The molecule has 0 aliphatic carbocycles. The lowest BCUT2D eigenvalue weighted by molar-refractivity contribution is -0.146. The van der Waals surface area contributed by atoms with Crippen molar-refractivity contribution in [3.05, 3.63) is 35.1 Å². The number of carboxylic acid groups (broad SMARTS) is 1. The van der Waals surface area contributed by atoms with Gasteiger partial charge in [-0.2, -0.15) is 0 Å². The zero-order chi connectivity index (χ0) is 11.4. The van der Waals surface area contributed by atoms with E-state index in [0.29, 0.717) is 0 Å². The van der Waals surface area contributed by atoms with E-state index in [0.717, 1.165) is 6.07 Å². The molecule has 82 valence electrons. The Morgan fingerprint density at radius 1 is 1.60 bits per heavy atom. The molecule has 1 atom stereocenters. The zero-order valence-electron chi connectivity index (χ0n) is 8.11. The van der Waals surface area contributed by atoms with Gasteiger partial charge in [0.05, 0.1) is 6.61 Å². The van der Waals surface area contributed by atoms with Gasteiger partial charge in [-0.25, -0.2) is 9.18 Å². The molecule has 0 heterocycles. The summed E-state index contributed by atoms with van der Waals surface area (Å²) in [5, 5.41) is 17.8. The number of hydrogen-bond donors (Lipinski definition) is 2. The maximum Gasteiger partial charge on any atom is 0.337 e. The number of methoxy groups -OCH3 is 1. The van der Waals surface area contributed by atoms with E-state index < -0.39 is 17.9 Å². The minimum absolute atomic E-state index is 0.0337. The topological polar surface area (TPSA) is 66.8 Å². The van der Waals surface area contributed by atoms with Crippen molar-refractivity contribution < 1.29 is 24.1 Å². The van der Waals surface area contributed by atoms with Gasteiger partial charge in [-0.3, -0.25) is 0 Å². The maximum absolute atomic E-state index is 13.1. The molecule has 1 rings (SSSR count). The lowest BCUT2D eigenvalue weighted by atomic mass is 10.1. The lowest BCUT2D eigenvalue weighted by Crippen LogP contribution is -2.11. The second-order valence-electron chi connectivity index (χ2n) is 3.02. The predicted molar refractivity (Wildman–Crippen MR) is 49.7 cm³/mol. The fourth-order valence-electron chi connectivity index (χ4n) is 1.17. The molecule has 0 amide bonds. The molecule has 0 saturated heterocycles. The van der Waals surface area contributed by atoms with Gasteiger partial charge in [0.15, 0.2) is 6.10 Å². The van der Waals surface area contributed by atoms with E-state index in [9.17, 15) is 14.3 Å². The highest BCUT2D eigenvalue weighted by molar-refractivity contribution is 5.74. The quantitative estimate of drug-likeness (QED) is 0.787. The highest BCUT2D eigenvalue weighted by Gasteiger charge is 2.17. The third-order valence-corrected chi connectivity index (χ3v) is 1.92. The first-order valence-electron chi connectivity index (χ1n) is 4.24. The van der Waals surface area contributed by atoms with Crippen LogP contribution in [0.1, 0.15) is 17.2 Å². The fraction of sp³-hybridized carbons (Fsp3) is 0.300. The molecule has 1 unspecified atom stereocenters. The average molecular weight is 214 g/mol. The molecule has 0 radical (unpaired) electrons. The van der Waals surface area contributed by atoms with Crippen molar-refractivity contribution in [1.82, 2.24) is 0 Å². The van der Waals surface area contributed by atoms with Gasteiger partial charge in [0.2, 0.25) is 0 Å². The Labute approximate surface area is 85.9 Å². The number of halogens is 1. The van der Waals surface area contributed by atoms with Crippen LogP contribution in [-0.2, 0) is 16.1 Å². The molecule has 0 aromatic heterocycles. The van der Waals surface area contributed by atoms with Crippen molar-refractivity contribution in [3.8, 4) is 0 Å². The Morgan fingerprint density at radius 2 is 2.27 bits per heavy atom. The van der Waals surface area contributed by atoms with Crippen LogP contribution in [0.25, 0.3) is 0 Å². The van der Waals surface area contributed by atoms with Gasteiger partial charge in [-0.15, -0.1) is 0 Å². The fourth-order valence-corrected chi connectivity index (χ4v) is 1.17. The smallest absolute Gasteiger partial charge is 0.337 e. The molecule has 1 aromatic rings. The number of carbonyl (C=O) groups is 1. The largest absolute Gasteiger partial charge is 0.479 e. The Bertz CT molecular complexity index is 364. The molecule has 1 aromatic carbocycles. The van der Waals surface area contributed by atoms with Gasteiger partial charge in [0, 0.05) is 12.7 Å². The Morgan fingerprint density at radius 3 is 2.80 bits per heavy atom. The van der Waals surface area contributed by atoms with E-state index >= 15 is 0 Å². The van der Waals surface area contributed by atoms with Gasteiger partial charge in [0.25, 0.3) is 0 Å². The number of aliphatic hydroxyl groups excluding tert-OH is 1. The molecule has 5 heteroatoms. The first-order valence-corrected chi connectivity index (χ1v) is 4.24.